The van der Waals surface area contributed by atoms with E-state index in [1.807, 2.05) is 32.9 Å². The van der Waals surface area contributed by atoms with Crippen LogP contribution in [-0.4, -0.2) is 9.78 Å². The molecule has 5 heteroatoms. The van der Waals surface area contributed by atoms with Crippen LogP contribution in [0.2, 0.25) is 5.02 Å². The van der Waals surface area contributed by atoms with Crippen molar-refractivity contribution in [3.05, 3.63) is 81.2 Å². The summed E-state index contributed by atoms with van der Waals surface area (Å²) >= 11 is 6.19. The summed E-state index contributed by atoms with van der Waals surface area (Å²) in [5.74, 6) is 0.296. The predicted octanol–water partition coefficient (Wildman–Crippen LogP) is 5.21. The summed E-state index contributed by atoms with van der Waals surface area (Å²) in [5.41, 5.74) is 3.75. The van der Waals surface area contributed by atoms with Crippen LogP contribution in [0, 0.1) is 6.92 Å². The molecule has 0 bridgehead atoms. The number of hydrogen-bond acceptors (Lipinski definition) is 3. The van der Waals surface area contributed by atoms with Gasteiger partial charge in [0.1, 0.15) is 6.61 Å². The molecular weight excluding hydrogens is 360 g/mol. The van der Waals surface area contributed by atoms with Gasteiger partial charge in [0, 0.05) is 0 Å². The Hall–Kier alpha value is -2.59. The zero-order valence-corrected chi connectivity index (χ0v) is 16.7. The third-order valence-corrected chi connectivity index (χ3v) is 4.60. The van der Waals surface area contributed by atoms with Gasteiger partial charge in [-0.3, -0.25) is 4.79 Å². The van der Waals surface area contributed by atoms with Gasteiger partial charge in [0.05, 0.1) is 11.7 Å². The third-order valence-electron chi connectivity index (χ3n) is 4.26. The van der Waals surface area contributed by atoms with Crippen molar-refractivity contribution in [1.82, 2.24) is 9.78 Å². The van der Waals surface area contributed by atoms with Crippen molar-refractivity contribution in [2.75, 3.05) is 0 Å². The molecule has 0 radical (unpaired) electrons. The molecule has 0 atom stereocenters. The van der Waals surface area contributed by atoms with Crippen LogP contribution < -0.4 is 10.3 Å². The third kappa shape index (κ3) is 4.40. The lowest BCUT2D eigenvalue weighted by molar-refractivity contribution is 0.292. The molecule has 0 spiro atoms. The summed E-state index contributed by atoms with van der Waals surface area (Å²) in [5, 5.41) is 4.23. The van der Waals surface area contributed by atoms with Crippen molar-refractivity contribution >= 4 is 11.6 Å². The lowest BCUT2D eigenvalue weighted by Gasteiger charge is -2.21. The van der Waals surface area contributed by atoms with E-state index in [-0.39, 0.29) is 10.6 Å². The van der Waals surface area contributed by atoms with Crippen molar-refractivity contribution in [3.63, 3.8) is 0 Å². The van der Waals surface area contributed by atoms with Gasteiger partial charge >= 0.3 is 0 Å². The predicted molar refractivity (Wildman–Crippen MR) is 109 cm³/mol. The lowest BCUT2D eigenvalue weighted by atomic mass is 10.0. The van der Waals surface area contributed by atoms with Gasteiger partial charge in [-0.2, -0.15) is 5.10 Å². The Bertz CT molecular complexity index is 985. The zero-order chi connectivity index (χ0) is 19.6. The van der Waals surface area contributed by atoms with Gasteiger partial charge in [0.25, 0.3) is 5.56 Å². The molecule has 140 valence electrons. The maximum atomic E-state index is 12.4. The van der Waals surface area contributed by atoms with Gasteiger partial charge < -0.3 is 4.74 Å². The molecule has 1 heterocycles. The molecule has 0 unspecified atom stereocenters. The average Bonchev–Trinajstić information content (AvgIpc) is 2.63. The maximum Gasteiger partial charge on any atom is 0.289 e. The number of halogens is 1. The summed E-state index contributed by atoms with van der Waals surface area (Å²) in [6.45, 7) is 8.08. The minimum atomic E-state index is -0.439. The molecule has 1 aromatic heterocycles. The second-order valence-electron chi connectivity index (χ2n) is 7.56. The van der Waals surface area contributed by atoms with Crippen LogP contribution in [-0.2, 0) is 12.1 Å². The average molecular weight is 383 g/mol. The van der Waals surface area contributed by atoms with E-state index in [0.29, 0.717) is 12.4 Å². The molecule has 0 N–H and O–H groups in total. The van der Waals surface area contributed by atoms with Crippen LogP contribution in [0.15, 0.2) is 59.5 Å². The molecule has 0 saturated carbocycles. The molecule has 3 rings (SSSR count). The van der Waals surface area contributed by atoms with Crippen molar-refractivity contribution in [2.24, 2.45) is 0 Å². The van der Waals surface area contributed by atoms with Crippen molar-refractivity contribution in [1.29, 1.82) is 0 Å². The summed E-state index contributed by atoms with van der Waals surface area (Å²) < 4.78 is 7.08. The Morgan fingerprint density at radius 3 is 2.11 bits per heavy atom. The number of nitrogens with zero attached hydrogens (tertiary/aromatic N) is 2. The summed E-state index contributed by atoms with van der Waals surface area (Å²) in [7, 11) is 0. The van der Waals surface area contributed by atoms with Gasteiger partial charge in [-0.25, -0.2) is 4.68 Å². The van der Waals surface area contributed by atoms with E-state index in [1.165, 1.54) is 22.0 Å². The molecule has 0 aliphatic carbocycles. The summed E-state index contributed by atoms with van der Waals surface area (Å²) in [4.78, 5) is 12.4. The van der Waals surface area contributed by atoms with Crippen LogP contribution >= 0.6 is 11.6 Å². The number of aryl methyl sites for hydroxylation is 1. The van der Waals surface area contributed by atoms with Crippen molar-refractivity contribution in [3.8, 4) is 16.9 Å². The van der Waals surface area contributed by atoms with E-state index in [0.717, 1.165) is 11.1 Å². The minimum Gasteiger partial charge on any atom is -0.485 e. The molecule has 4 nitrogen and oxygen atoms in total. The van der Waals surface area contributed by atoms with E-state index in [9.17, 15) is 4.79 Å². The fourth-order valence-electron chi connectivity index (χ4n) is 2.70. The number of rotatable bonds is 4. The van der Waals surface area contributed by atoms with Crippen LogP contribution in [0.4, 0.5) is 0 Å². The van der Waals surface area contributed by atoms with E-state index >= 15 is 0 Å². The highest BCUT2D eigenvalue weighted by Crippen LogP contribution is 2.23. The van der Waals surface area contributed by atoms with E-state index in [2.05, 4.69) is 48.4 Å². The van der Waals surface area contributed by atoms with Crippen LogP contribution in [0.25, 0.3) is 11.1 Å². The highest BCUT2D eigenvalue weighted by Gasteiger charge is 2.19. The largest absolute Gasteiger partial charge is 0.485 e. The monoisotopic (exact) mass is 382 g/mol. The lowest BCUT2D eigenvalue weighted by Crippen LogP contribution is -2.36. The number of hydrogen-bond donors (Lipinski definition) is 0. The van der Waals surface area contributed by atoms with Crippen LogP contribution in [0.5, 0.6) is 5.75 Å². The first-order valence-corrected chi connectivity index (χ1v) is 9.20. The Balaban J connectivity index is 1.73. The van der Waals surface area contributed by atoms with Gasteiger partial charge in [0.15, 0.2) is 10.8 Å². The molecule has 0 aliphatic heterocycles. The second kappa shape index (κ2) is 7.57. The summed E-state index contributed by atoms with van der Waals surface area (Å²) in [6.07, 6.45) is 1.50. The Kier molecular flexibility index (Phi) is 5.38. The van der Waals surface area contributed by atoms with Crippen molar-refractivity contribution < 1.29 is 4.74 Å². The quantitative estimate of drug-likeness (QED) is 0.622. The SMILES string of the molecule is Cc1ccc(-c2ccc(COc3cnn(C(C)(C)C)c(=O)c3Cl)cc2)cc1. The number of aromatic nitrogens is 2. The zero-order valence-electron chi connectivity index (χ0n) is 16.0. The molecule has 0 saturated heterocycles. The summed E-state index contributed by atoms with van der Waals surface area (Å²) in [6, 6.07) is 16.5. The van der Waals surface area contributed by atoms with Crippen LogP contribution in [0.1, 0.15) is 31.9 Å². The first kappa shape index (κ1) is 19.2. The number of ether oxygens (including phenoxy) is 1. The van der Waals surface area contributed by atoms with E-state index in [1.54, 1.807) is 0 Å². The molecule has 0 fully saturated rings. The van der Waals surface area contributed by atoms with Gasteiger partial charge in [0.2, 0.25) is 0 Å². The van der Waals surface area contributed by atoms with Crippen molar-refractivity contribution in [2.45, 2.75) is 39.8 Å². The van der Waals surface area contributed by atoms with Gasteiger partial charge in [-0.15, -0.1) is 0 Å². The van der Waals surface area contributed by atoms with E-state index < -0.39 is 5.54 Å². The smallest absolute Gasteiger partial charge is 0.289 e. The topological polar surface area (TPSA) is 44.1 Å². The molecule has 3 aromatic rings. The molecule has 2 aromatic carbocycles. The first-order valence-electron chi connectivity index (χ1n) is 8.83. The number of benzene rings is 2. The standard InChI is InChI=1S/C22H23ClN2O2/c1-15-5-9-17(10-6-15)18-11-7-16(8-12-18)14-27-19-13-24-25(22(2,3)4)21(26)20(19)23/h5-13H,14H2,1-4H3. The first-order chi connectivity index (χ1) is 12.8. The Morgan fingerprint density at radius 2 is 1.56 bits per heavy atom. The molecule has 0 aliphatic rings. The highest BCUT2D eigenvalue weighted by molar-refractivity contribution is 6.31. The fraction of sp³-hybridized carbons (Fsp3) is 0.273. The molecule has 0 amide bonds. The second-order valence-corrected chi connectivity index (χ2v) is 7.94. The van der Waals surface area contributed by atoms with Crippen LogP contribution in [0.3, 0.4) is 0 Å². The highest BCUT2D eigenvalue weighted by atomic mass is 35.5. The van der Waals surface area contributed by atoms with E-state index in [4.69, 9.17) is 16.3 Å². The Morgan fingerprint density at radius 1 is 1.00 bits per heavy atom. The maximum absolute atomic E-state index is 12.4. The fourth-order valence-corrected chi connectivity index (χ4v) is 2.88. The van der Waals surface area contributed by atoms with Gasteiger partial charge in [-0.1, -0.05) is 65.7 Å². The minimum absolute atomic E-state index is 0.0520. The Labute approximate surface area is 164 Å². The van der Waals surface area contributed by atoms with Gasteiger partial charge in [-0.05, 0) is 44.4 Å². The molecular formula is C22H23ClN2O2. The molecule has 27 heavy (non-hydrogen) atoms. The normalized spacial score (nSPS) is 11.4.